The average molecular weight is 340 g/mol. The molecule has 0 saturated carbocycles. The van der Waals surface area contributed by atoms with Crippen molar-refractivity contribution in [3.05, 3.63) is 59.4 Å². The van der Waals surface area contributed by atoms with Crippen LogP contribution in [0.5, 0.6) is 0 Å². The summed E-state index contributed by atoms with van der Waals surface area (Å²) >= 11 is 0. The van der Waals surface area contributed by atoms with E-state index in [0.29, 0.717) is 24.4 Å². The fraction of sp³-hybridized carbons (Fsp3) is 0.222. The SMILES string of the molecule is N#Cc1cccc(NC(=O)Nc2ccc([C@H]3CNCCO3)cc2F)c1. The van der Waals surface area contributed by atoms with Gasteiger partial charge in [0.15, 0.2) is 0 Å². The molecule has 1 aliphatic heterocycles. The highest BCUT2D eigenvalue weighted by molar-refractivity contribution is 5.99. The van der Waals surface area contributed by atoms with Crippen molar-refractivity contribution in [2.45, 2.75) is 6.10 Å². The molecule has 0 aromatic heterocycles. The summed E-state index contributed by atoms with van der Waals surface area (Å²) < 4.78 is 19.8. The largest absolute Gasteiger partial charge is 0.371 e. The van der Waals surface area contributed by atoms with Crippen molar-refractivity contribution in [3.63, 3.8) is 0 Å². The van der Waals surface area contributed by atoms with E-state index in [1.807, 2.05) is 6.07 Å². The predicted molar refractivity (Wildman–Crippen MR) is 91.8 cm³/mol. The van der Waals surface area contributed by atoms with E-state index in [-0.39, 0.29) is 11.8 Å². The zero-order valence-electron chi connectivity index (χ0n) is 13.4. The van der Waals surface area contributed by atoms with Crippen molar-refractivity contribution in [1.29, 1.82) is 5.26 Å². The molecule has 1 fully saturated rings. The number of anilines is 2. The van der Waals surface area contributed by atoms with E-state index in [1.54, 1.807) is 24.3 Å². The van der Waals surface area contributed by atoms with Crippen molar-refractivity contribution < 1.29 is 13.9 Å². The highest BCUT2D eigenvalue weighted by Crippen LogP contribution is 2.23. The number of morpholine rings is 1. The first-order valence-corrected chi connectivity index (χ1v) is 7.85. The second-order valence-electron chi connectivity index (χ2n) is 5.57. The Hall–Kier alpha value is -2.95. The standard InChI is InChI=1S/C18H17FN4O2/c19-15-9-13(17-11-21-6-7-25-17)4-5-16(15)23-18(24)22-14-3-1-2-12(8-14)10-20/h1-5,8-9,17,21H,6-7,11H2,(H2,22,23,24)/t17-/m1/s1. The van der Waals surface area contributed by atoms with Gasteiger partial charge in [0.2, 0.25) is 0 Å². The minimum Gasteiger partial charge on any atom is -0.371 e. The van der Waals surface area contributed by atoms with Gasteiger partial charge in [0.05, 0.1) is 30.0 Å². The van der Waals surface area contributed by atoms with Gasteiger partial charge in [-0.15, -0.1) is 0 Å². The maximum atomic E-state index is 14.3. The average Bonchev–Trinajstić information content (AvgIpc) is 2.64. The number of hydrogen-bond acceptors (Lipinski definition) is 4. The molecule has 25 heavy (non-hydrogen) atoms. The number of hydrogen-bond donors (Lipinski definition) is 3. The van der Waals surface area contributed by atoms with Crippen LogP contribution in [0.15, 0.2) is 42.5 Å². The minimum absolute atomic E-state index is 0.0708. The number of urea groups is 1. The van der Waals surface area contributed by atoms with Crippen LogP contribution < -0.4 is 16.0 Å². The summed E-state index contributed by atoms with van der Waals surface area (Å²) in [7, 11) is 0. The summed E-state index contributed by atoms with van der Waals surface area (Å²) in [6.45, 7) is 1.99. The van der Waals surface area contributed by atoms with E-state index >= 15 is 0 Å². The Labute approximate surface area is 144 Å². The van der Waals surface area contributed by atoms with Gasteiger partial charge in [-0.2, -0.15) is 5.26 Å². The number of rotatable bonds is 3. The van der Waals surface area contributed by atoms with Crippen molar-refractivity contribution in [2.75, 3.05) is 30.3 Å². The lowest BCUT2D eigenvalue weighted by molar-refractivity contribution is 0.0275. The molecule has 0 radical (unpaired) electrons. The molecule has 2 aromatic rings. The summed E-state index contributed by atoms with van der Waals surface area (Å²) in [5.41, 5.74) is 1.67. The third-order valence-electron chi connectivity index (χ3n) is 3.79. The predicted octanol–water partition coefficient (Wildman–Crippen LogP) is 3.00. The van der Waals surface area contributed by atoms with E-state index in [4.69, 9.17) is 10.00 Å². The maximum Gasteiger partial charge on any atom is 0.323 e. The van der Waals surface area contributed by atoms with Gasteiger partial charge in [0.25, 0.3) is 0 Å². The van der Waals surface area contributed by atoms with Crippen LogP contribution in [0.3, 0.4) is 0 Å². The number of ether oxygens (including phenoxy) is 1. The molecule has 3 rings (SSSR count). The Bertz CT molecular complexity index is 813. The molecule has 1 heterocycles. The van der Waals surface area contributed by atoms with Crippen LogP contribution in [0.2, 0.25) is 0 Å². The second kappa shape index (κ2) is 7.75. The van der Waals surface area contributed by atoms with Crippen molar-refractivity contribution in [1.82, 2.24) is 5.32 Å². The zero-order chi connectivity index (χ0) is 17.6. The Balaban J connectivity index is 1.65. The number of benzene rings is 2. The van der Waals surface area contributed by atoms with Crippen molar-refractivity contribution in [3.8, 4) is 6.07 Å². The molecular formula is C18H17FN4O2. The lowest BCUT2D eigenvalue weighted by Gasteiger charge is -2.24. The number of amides is 2. The molecule has 0 unspecified atom stereocenters. The van der Waals surface area contributed by atoms with Gasteiger partial charge in [0, 0.05) is 18.8 Å². The van der Waals surface area contributed by atoms with Crippen LogP contribution in [0, 0.1) is 17.1 Å². The summed E-state index contributed by atoms with van der Waals surface area (Å²) in [6.07, 6.45) is -0.195. The lowest BCUT2D eigenvalue weighted by atomic mass is 10.1. The fourth-order valence-electron chi connectivity index (χ4n) is 2.56. The van der Waals surface area contributed by atoms with Gasteiger partial charge in [-0.1, -0.05) is 12.1 Å². The van der Waals surface area contributed by atoms with Crippen LogP contribution in [0.25, 0.3) is 0 Å². The minimum atomic E-state index is -0.586. The number of nitrogens with one attached hydrogen (secondary N) is 3. The topological polar surface area (TPSA) is 86.2 Å². The monoisotopic (exact) mass is 340 g/mol. The molecule has 7 heteroatoms. The van der Waals surface area contributed by atoms with Crippen LogP contribution in [0.4, 0.5) is 20.6 Å². The van der Waals surface area contributed by atoms with E-state index in [9.17, 15) is 9.18 Å². The third-order valence-corrected chi connectivity index (χ3v) is 3.79. The molecule has 128 valence electrons. The summed E-state index contributed by atoms with van der Waals surface area (Å²) in [6, 6.07) is 12.5. The van der Waals surface area contributed by atoms with E-state index in [0.717, 1.165) is 12.1 Å². The van der Waals surface area contributed by atoms with E-state index in [2.05, 4.69) is 16.0 Å². The van der Waals surface area contributed by atoms with Gasteiger partial charge >= 0.3 is 6.03 Å². The number of carbonyl (C=O) groups is 1. The first-order valence-electron chi connectivity index (χ1n) is 7.85. The molecular weight excluding hydrogens is 323 g/mol. The molecule has 6 nitrogen and oxygen atoms in total. The Morgan fingerprint density at radius 3 is 2.88 bits per heavy atom. The summed E-state index contributed by atoms with van der Waals surface area (Å²) in [5, 5.41) is 17.1. The van der Waals surface area contributed by atoms with Crippen LogP contribution in [0.1, 0.15) is 17.2 Å². The highest BCUT2D eigenvalue weighted by atomic mass is 19.1. The van der Waals surface area contributed by atoms with Gasteiger partial charge in [-0.05, 0) is 35.9 Å². The van der Waals surface area contributed by atoms with Crippen molar-refractivity contribution in [2.24, 2.45) is 0 Å². The molecule has 1 atom stereocenters. The molecule has 0 aliphatic carbocycles. The van der Waals surface area contributed by atoms with Crippen LogP contribution >= 0.6 is 0 Å². The van der Waals surface area contributed by atoms with Gasteiger partial charge < -0.3 is 20.7 Å². The molecule has 0 bridgehead atoms. The van der Waals surface area contributed by atoms with Gasteiger partial charge in [0.1, 0.15) is 5.82 Å². The summed E-state index contributed by atoms with van der Waals surface area (Å²) in [4.78, 5) is 12.0. The Kier molecular flexibility index (Phi) is 5.23. The van der Waals surface area contributed by atoms with Gasteiger partial charge in [-0.25, -0.2) is 9.18 Å². The first kappa shape index (κ1) is 16.9. The fourth-order valence-corrected chi connectivity index (χ4v) is 2.56. The Morgan fingerprint density at radius 1 is 1.28 bits per heavy atom. The molecule has 1 aliphatic rings. The number of nitriles is 1. The second-order valence-corrected chi connectivity index (χ2v) is 5.57. The normalized spacial score (nSPS) is 16.7. The Morgan fingerprint density at radius 2 is 2.16 bits per heavy atom. The molecule has 1 saturated heterocycles. The maximum absolute atomic E-state index is 14.3. The third kappa shape index (κ3) is 4.32. The van der Waals surface area contributed by atoms with Gasteiger partial charge in [-0.3, -0.25) is 0 Å². The van der Waals surface area contributed by atoms with E-state index < -0.39 is 11.8 Å². The van der Waals surface area contributed by atoms with Crippen LogP contribution in [-0.4, -0.2) is 25.7 Å². The number of carbonyl (C=O) groups excluding carboxylic acids is 1. The molecule has 2 aromatic carbocycles. The quantitative estimate of drug-likeness (QED) is 0.802. The first-order chi connectivity index (χ1) is 12.2. The number of nitrogens with zero attached hydrogens (tertiary/aromatic N) is 1. The molecule has 2 amide bonds. The summed E-state index contributed by atoms with van der Waals surface area (Å²) in [5.74, 6) is -0.535. The highest BCUT2D eigenvalue weighted by Gasteiger charge is 2.17. The lowest BCUT2D eigenvalue weighted by Crippen LogP contribution is -2.33. The van der Waals surface area contributed by atoms with Crippen molar-refractivity contribution >= 4 is 17.4 Å². The molecule has 3 N–H and O–H groups in total. The van der Waals surface area contributed by atoms with Crippen LogP contribution in [-0.2, 0) is 4.74 Å². The zero-order valence-corrected chi connectivity index (χ0v) is 13.4. The van der Waals surface area contributed by atoms with E-state index in [1.165, 1.54) is 18.2 Å². The number of halogens is 1. The smallest absolute Gasteiger partial charge is 0.323 e. The molecule has 0 spiro atoms.